The third-order valence-corrected chi connectivity index (χ3v) is 3.69. The molecule has 0 amide bonds. The van der Waals surface area contributed by atoms with Crippen molar-refractivity contribution >= 4 is 40.3 Å². The zero-order chi connectivity index (χ0) is 11.7. The molecule has 2 aromatic rings. The van der Waals surface area contributed by atoms with Crippen LogP contribution in [0.25, 0.3) is 0 Å². The lowest BCUT2D eigenvalue weighted by Crippen LogP contribution is -2.02. The molecule has 0 radical (unpaired) electrons. The molecule has 0 unspecified atom stereocenters. The van der Waals surface area contributed by atoms with Crippen LogP contribution in [0, 0.1) is 6.92 Å². The van der Waals surface area contributed by atoms with E-state index in [-0.39, 0.29) is 5.78 Å². The van der Waals surface area contributed by atoms with Crippen LogP contribution in [0.3, 0.4) is 0 Å². The lowest BCUT2D eigenvalue weighted by molar-refractivity contribution is 0.103. The monoisotopic (exact) mass is 270 g/mol. The summed E-state index contributed by atoms with van der Waals surface area (Å²) in [5, 5.41) is 2.83. The minimum atomic E-state index is -0.0775. The minimum Gasteiger partial charge on any atom is -0.289 e. The normalized spacial score (nSPS) is 10.4. The van der Waals surface area contributed by atoms with Gasteiger partial charge >= 0.3 is 0 Å². The topological polar surface area (TPSA) is 17.1 Å². The smallest absolute Gasteiger partial charge is 0.195 e. The van der Waals surface area contributed by atoms with E-state index in [9.17, 15) is 4.79 Å². The average molecular weight is 271 g/mol. The number of rotatable bonds is 2. The fraction of sp³-hybridized carbons (Fsp3) is 0.0833. The predicted molar refractivity (Wildman–Crippen MR) is 69.0 cm³/mol. The summed E-state index contributed by atoms with van der Waals surface area (Å²) < 4.78 is 0. The van der Waals surface area contributed by atoms with Crippen LogP contribution in [0.1, 0.15) is 20.8 Å². The van der Waals surface area contributed by atoms with Gasteiger partial charge in [0, 0.05) is 21.0 Å². The third-order valence-electron chi connectivity index (χ3n) is 2.28. The van der Waals surface area contributed by atoms with Gasteiger partial charge in [0.1, 0.15) is 0 Å². The lowest BCUT2D eigenvalue weighted by Gasteiger charge is -2.03. The molecule has 0 aliphatic carbocycles. The van der Waals surface area contributed by atoms with Crippen molar-refractivity contribution in [2.45, 2.75) is 6.92 Å². The summed E-state index contributed by atoms with van der Waals surface area (Å²) in [6, 6.07) is 6.71. The molecule has 0 spiro atoms. The SMILES string of the molecule is Cc1sccc1C(=O)c1cc(Cl)ccc1Cl. The number of ketones is 1. The number of aryl methyl sites for hydroxylation is 1. The molecule has 16 heavy (non-hydrogen) atoms. The first-order valence-electron chi connectivity index (χ1n) is 4.63. The van der Waals surface area contributed by atoms with E-state index in [0.29, 0.717) is 21.2 Å². The van der Waals surface area contributed by atoms with Crippen LogP contribution in [-0.4, -0.2) is 5.78 Å². The van der Waals surface area contributed by atoms with Crippen LogP contribution in [0.5, 0.6) is 0 Å². The van der Waals surface area contributed by atoms with Crippen molar-refractivity contribution in [2.75, 3.05) is 0 Å². The zero-order valence-electron chi connectivity index (χ0n) is 8.46. The van der Waals surface area contributed by atoms with Crippen LogP contribution in [-0.2, 0) is 0 Å². The van der Waals surface area contributed by atoms with Gasteiger partial charge in [-0.3, -0.25) is 4.79 Å². The van der Waals surface area contributed by atoms with Crippen LogP contribution in [0.15, 0.2) is 29.6 Å². The van der Waals surface area contributed by atoms with Gasteiger partial charge in [0.15, 0.2) is 5.78 Å². The van der Waals surface area contributed by atoms with E-state index >= 15 is 0 Å². The Kier molecular flexibility index (Phi) is 3.33. The molecule has 0 aliphatic heterocycles. The molecule has 0 bridgehead atoms. The molecule has 0 aliphatic rings. The van der Waals surface area contributed by atoms with Gasteiger partial charge in [-0.15, -0.1) is 11.3 Å². The number of halogens is 2. The highest BCUT2D eigenvalue weighted by molar-refractivity contribution is 7.10. The predicted octanol–water partition coefficient (Wildman–Crippen LogP) is 4.59. The molecule has 4 heteroatoms. The van der Waals surface area contributed by atoms with Crippen LogP contribution < -0.4 is 0 Å². The molecular formula is C12H8Cl2OS. The molecule has 0 saturated heterocycles. The van der Waals surface area contributed by atoms with Gasteiger partial charge in [-0.05, 0) is 36.6 Å². The highest BCUT2D eigenvalue weighted by Crippen LogP contribution is 2.26. The molecule has 1 nitrogen and oxygen atoms in total. The summed E-state index contributed by atoms with van der Waals surface area (Å²) in [6.07, 6.45) is 0. The van der Waals surface area contributed by atoms with Gasteiger partial charge in [0.05, 0.1) is 5.02 Å². The van der Waals surface area contributed by atoms with Crippen LogP contribution >= 0.6 is 34.5 Å². The maximum absolute atomic E-state index is 12.2. The van der Waals surface area contributed by atoms with Crippen LogP contribution in [0.4, 0.5) is 0 Å². The van der Waals surface area contributed by atoms with Crippen molar-refractivity contribution < 1.29 is 4.79 Å². The largest absolute Gasteiger partial charge is 0.289 e. The summed E-state index contributed by atoms with van der Waals surface area (Å²) in [5.41, 5.74) is 1.14. The quantitative estimate of drug-likeness (QED) is 0.730. The number of hydrogen-bond donors (Lipinski definition) is 0. The zero-order valence-corrected chi connectivity index (χ0v) is 10.8. The fourth-order valence-electron chi connectivity index (χ4n) is 1.44. The molecule has 0 saturated carbocycles. The summed E-state index contributed by atoms with van der Waals surface area (Å²) in [4.78, 5) is 13.2. The second-order valence-electron chi connectivity index (χ2n) is 3.34. The van der Waals surface area contributed by atoms with E-state index in [1.807, 2.05) is 12.3 Å². The van der Waals surface area contributed by atoms with Gasteiger partial charge in [0.2, 0.25) is 0 Å². The van der Waals surface area contributed by atoms with Gasteiger partial charge in [0.25, 0.3) is 0 Å². The van der Waals surface area contributed by atoms with Crippen molar-refractivity contribution in [3.8, 4) is 0 Å². The van der Waals surface area contributed by atoms with Gasteiger partial charge in [-0.2, -0.15) is 0 Å². The van der Waals surface area contributed by atoms with E-state index in [0.717, 1.165) is 4.88 Å². The molecule has 1 aromatic heterocycles. The summed E-state index contributed by atoms with van der Waals surface area (Å²) in [5.74, 6) is -0.0775. The highest BCUT2D eigenvalue weighted by Gasteiger charge is 2.15. The van der Waals surface area contributed by atoms with E-state index < -0.39 is 0 Å². The van der Waals surface area contributed by atoms with Crippen molar-refractivity contribution in [1.29, 1.82) is 0 Å². The number of carbonyl (C=O) groups excluding carboxylic acids is 1. The first-order valence-corrected chi connectivity index (χ1v) is 6.27. The van der Waals surface area contributed by atoms with E-state index in [2.05, 4.69) is 0 Å². The second kappa shape index (κ2) is 4.58. The highest BCUT2D eigenvalue weighted by atomic mass is 35.5. The first kappa shape index (κ1) is 11.6. The second-order valence-corrected chi connectivity index (χ2v) is 5.31. The Bertz CT molecular complexity index is 546. The molecule has 2 rings (SSSR count). The van der Waals surface area contributed by atoms with Crippen molar-refractivity contribution in [1.82, 2.24) is 0 Å². The minimum absolute atomic E-state index is 0.0775. The number of benzene rings is 1. The van der Waals surface area contributed by atoms with Crippen molar-refractivity contribution in [2.24, 2.45) is 0 Å². The standard InChI is InChI=1S/C12H8Cl2OS/c1-7-9(4-5-16-7)12(15)10-6-8(13)2-3-11(10)14/h2-6H,1H3. The van der Waals surface area contributed by atoms with Crippen molar-refractivity contribution in [3.05, 3.63) is 55.7 Å². The Morgan fingerprint density at radius 1 is 1.19 bits per heavy atom. The number of thiophene rings is 1. The Labute approximate surface area is 108 Å². The van der Waals surface area contributed by atoms with E-state index in [1.165, 1.54) is 0 Å². The Morgan fingerprint density at radius 3 is 2.56 bits per heavy atom. The summed E-state index contributed by atoms with van der Waals surface area (Å²) in [6.45, 7) is 1.91. The molecule has 0 atom stereocenters. The maximum atomic E-state index is 12.2. The van der Waals surface area contributed by atoms with Gasteiger partial charge < -0.3 is 0 Å². The summed E-state index contributed by atoms with van der Waals surface area (Å²) >= 11 is 13.4. The molecule has 1 heterocycles. The maximum Gasteiger partial charge on any atom is 0.195 e. The van der Waals surface area contributed by atoms with Gasteiger partial charge in [-0.1, -0.05) is 23.2 Å². The average Bonchev–Trinajstić information content (AvgIpc) is 2.67. The molecule has 82 valence electrons. The van der Waals surface area contributed by atoms with Crippen LogP contribution in [0.2, 0.25) is 10.0 Å². The molecule has 0 N–H and O–H groups in total. The fourth-order valence-corrected chi connectivity index (χ4v) is 2.51. The third kappa shape index (κ3) is 2.14. The number of hydrogen-bond acceptors (Lipinski definition) is 2. The molecular weight excluding hydrogens is 263 g/mol. The van der Waals surface area contributed by atoms with E-state index in [1.54, 1.807) is 35.6 Å². The Hall–Kier alpha value is -0.830. The number of carbonyl (C=O) groups is 1. The molecule has 0 fully saturated rings. The first-order chi connectivity index (χ1) is 7.59. The van der Waals surface area contributed by atoms with Crippen molar-refractivity contribution in [3.63, 3.8) is 0 Å². The van der Waals surface area contributed by atoms with Gasteiger partial charge in [-0.25, -0.2) is 0 Å². The van der Waals surface area contributed by atoms with E-state index in [4.69, 9.17) is 23.2 Å². The molecule has 1 aromatic carbocycles. The lowest BCUT2D eigenvalue weighted by atomic mass is 10.0. The Morgan fingerprint density at radius 2 is 1.94 bits per heavy atom. The Balaban J connectivity index is 2.49. The summed E-state index contributed by atoms with van der Waals surface area (Å²) in [7, 11) is 0.